The molecule has 3 rings (SSSR count). The zero-order valence-electron chi connectivity index (χ0n) is 15.6. The van der Waals surface area contributed by atoms with Crippen LogP contribution in [0.1, 0.15) is 19.4 Å². The van der Waals surface area contributed by atoms with E-state index in [9.17, 15) is 5.26 Å². The van der Waals surface area contributed by atoms with Crippen molar-refractivity contribution in [3.05, 3.63) is 72.4 Å². The number of aromatic nitrogens is 2. The van der Waals surface area contributed by atoms with Crippen LogP contribution in [0.5, 0.6) is 0 Å². The lowest BCUT2D eigenvalue weighted by molar-refractivity contribution is 0.249. The lowest BCUT2D eigenvalue weighted by atomic mass is 9.95. The van der Waals surface area contributed by atoms with Crippen LogP contribution in [0.2, 0.25) is 0 Å². The van der Waals surface area contributed by atoms with E-state index in [0.29, 0.717) is 6.54 Å². The van der Waals surface area contributed by atoms with Crippen molar-refractivity contribution < 1.29 is 0 Å². The molecular weight excluding hydrogens is 320 g/mol. The Morgan fingerprint density at radius 1 is 1.04 bits per heavy atom. The minimum atomic E-state index is -0.378. The van der Waals surface area contributed by atoms with Crippen LogP contribution in [0, 0.1) is 16.7 Å². The zero-order chi connectivity index (χ0) is 18.6. The van der Waals surface area contributed by atoms with Crippen LogP contribution in [-0.4, -0.2) is 28.3 Å². The molecule has 1 aromatic heterocycles. The molecule has 26 heavy (non-hydrogen) atoms. The predicted molar refractivity (Wildman–Crippen MR) is 105 cm³/mol. The summed E-state index contributed by atoms with van der Waals surface area (Å²) in [5.41, 5.74) is 3.89. The Balaban J connectivity index is 1.95. The van der Waals surface area contributed by atoms with Crippen LogP contribution in [0.4, 0.5) is 0 Å². The number of hydrogen-bond donors (Lipinski definition) is 0. The largest absolute Gasteiger partial charge is 0.300 e. The molecule has 0 saturated carbocycles. The minimum Gasteiger partial charge on any atom is -0.300 e. The average molecular weight is 344 g/mol. The van der Waals surface area contributed by atoms with Gasteiger partial charge >= 0.3 is 0 Å². The van der Waals surface area contributed by atoms with Crippen LogP contribution >= 0.6 is 0 Å². The highest BCUT2D eigenvalue weighted by molar-refractivity contribution is 5.63. The molecule has 0 bridgehead atoms. The number of rotatable bonds is 6. The molecule has 0 aliphatic rings. The van der Waals surface area contributed by atoms with Crippen molar-refractivity contribution in [2.75, 3.05) is 13.6 Å². The second-order valence-corrected chi connectivity index (χ2v) is 7.32. The van der Waals surface area contributed by atoms with E-state index in [1.807, 2.05) is 74.1 Å². The summed E-state index contributed by atoms with van der Waals surface area (Å²) in [7, 11) is 2.05. The first-order valence-corrected chi connectivity index (χ1v) is 8.78. The first-order chi connectivity index (χ1) is 12.5. The summed E-state index contributed by atoms with van der Waals surface area (Å²) in [5, 5.41) is 14.1. The fourth-order valence-corrected chi connectivity index (χ4v) is 3.13. The summed E-state index contributed by atoms with van der Waals surface area (Å²) in [5.74, 6) is 0. The molecule has 3 aromatic rings. The third kappa shape index (κ3) is 4.19. The van der Waals surface area contributed by atoms with Gasteiger partial charge in [-0.2, -0.15) is 10.4 Å². The Morgan fingerprint density at radius 3 is 2.27 bits per heavy atom. The second-order valence-electron chi connectivity index (χ2n) is 7.32. The highest BCUT2D eigenvalue weighted by Gasteiger charge is 2.21. The summed E-state index contributed by atoms with van der Waals surface area (Å²) >= 11 is 0. The van der Waals surface area contributed by atoms with Crippen molar-refractivity contribution in [3.63, 3.8) is 0 Å². The monoisotopic (exact) mass is 344 g/mol. The van der Waals surface area contributed by atoms with Crippen molar-refractivity contribution in [2.24, 2.45) is 5.41 Å². The van der Waals surface area contributed by atoms with Gasteiger partial charge < -0.3 is 4.90 Å². The molecule has 4 nitrogen and oxygen atoms in total. The van der Waals surface area contributed by atoms with Crippen molar-refractivity contribution in [2.45, 2.75) is 20.4 Å². The molecule has 0 saturated heterocycles. The van der Waals surface area contributed by atoms with Gasteiger partial charge in [-0.3, -0.25) is 0 Å². The smallest absolute Gasteiger partial charge is 0.0972 e. The van der Waals surface area contributed by atoms with Crippen molar-refractivity contribution in [3.8, 4) is 23.0 Å². The fraction of sp³-hybridized carbons (Fsp3) is 0.273. The molecule has 4 heteroatoms. The third-order valence-corrected chi connectivity index (χ3v) is 4.27. The topological polar surface area (TPSA) is 44.9 Å². The zero-order valence-corrected chi connectivity index (χ0v) is 15.6. The maximum Gasteiger partial charge on any atom is 0.0972 e. The standard InChI is InChI=1S/C22H24N4/c1-22(2,16-23)17-25(3)14-19-15-26(20-12-8-5-9-13-20)24-21(19)18-10-6-4-7-11-18/h4-13,15H,14,17H2,1-3H3. The number of hydrogen-bond acceptors (Lipinski definition) is 3. The van der Waals surface area contributed by atoms with E-state index in [1.54, 1.807) is 0 Å². The SMILES string of the molecule is CN(Cc1cn(-c2ccccc2)nc1-c1ccccc1)CC(C)(C)C#N. The highest BCUT2D eigenvalue weighted by atomic mass is 15.3. The molecule has 0 aliphatic heterocycles. The molecule has 0 N–H and O–H groups in total. The van der Waals surface area contributed by atoms with Crippen molar-refractivity contribution in [1.29, 1.82) is 5.26 Å². The van der Waals surface area contributed by atoms with Crippen LogP contribution in [0.3, 0.4) is 0 Å². The van der Waals surface area contributed by atoms with Crippen molar-refractivity contribution in [1.82, 2.24) is 14.7 Å². The Kier molecular flexibility index (Phi) is 5.20. The normalized spacial score (nSPS) is 11.5. The van der Waals surface area contributed by atoms with Gasteiger partial charge in [-0.25, -0.2) is 4.68 Å². The summed E-state index contributed by atoms with van der Waals surface area (Å²) in [6.45, 7) is 5.38. The van der Waals surface area contributed by atoms with E-state index >= 15 is 0 Å². The van der Waals surface area contributed by atoms with Gasteiger partial charge in [0.25, 0.3) is 0 Å². The first kappa shape index (κ1) is 17.9. The average Bonchev–Trinajstić information content (AvgIpc) is 3.06. The van der Waals surface area contributed by atoms with E-state index in [1.165, 1.54) is 0 Å². The summed E-state index contributed by atoms with van der Waals surface area (Å²) in [6.07, 6.45) is 2.09. The van der Waals surface area contributed by atoms with E-state index in [2.05, 4.69) is 29.3 Å². The highest BCUT2D eigenvalue weighted by Crippen LogP contribution is 2.25. The molecule has 0 aliphatic carbocycles. The van der Waals surface area contributed by atoms with Crippen LogP contribution in [0.15, 0.2) is 66.9 Å². The Labute approximate surface area is 155 Å². The minimum absolute atomic E-state index is 0.378. The van der Waals surface area contributed by atoms with Gasteiger partial charge in [-0.1, -0.05) is 48.5 Å². The number of nitriles is 1. The van der Waals surface area contributed by atoms with Gasteiger partial charge in [0.05, 0.1) is 22.9 Å². The molecule has 2 aromatic carbocycles. The molecule has 0 spiro atoms. The summed E-state index contributed by atoms with van der Waals surface area (Å²) in [6, 6.07) is 22.7. The third-order valence-electron chi connectivity index (χ3n) is 4.27. The number of para-hydroxylation sites is 1. The van der Waals surface area contributed by atoms with Crippen LogP contribution in [-0.2, 0) is 6.54 Å². The Morgan fingerprint density at radius 2 is 1.65 bits per heavy atom. The molecule has 132 valence electrons. The maximum atomic E-state index is 9.30. The van der Waals surface area contributed by atoms with Gasteiger partial charge in [-0.05, 0) is 33.0 Å². The molecule has 1 heterocycles. The Hall–Kier alpha value is -2.90. The van der Waals surface area contributed by atoms with Gasteiger partial charge in [-0.15, -0.1) is 0 Å². The van der Waals surface area contributed by atoms with Gasteiger partial charge in [0, 0.05) is 30.4 Å². The van der Waals surface area contributed by atoms with Crippen LogP contribution in [0.25, 0.3) is 16.9 Å². The van der Waals surface area contributed by atoms with Crippen LogP contribution < -0.4 is 0 Å². The molecule has 0 unspecified atom stereocenters. The van der Waals surface area contributed by atoms with Gasteiger partial charge in [0.2, 0.25) is 0 Å². The summed E-state index contributed by atoms with van der Waals surface area (Å²) in [4.78, 5) is 2.18. The quantitative estimate of drug-likeness (QED) is 0.660. The maximum absolute atomic E-state index is 9.30. The van der Waals surface area contributed by atoms with E-state index < -0.39 is 0 Å². The number of nitrogens with zero attached hydrogens (tertiary/aromatic N) is 4. The number of benzene rings is 2. The van der Waals surface area contributed by atoms with E-state index in [0.717, 1.165) is 29.1 Å². The molecule has 0 fully saturated rings. The van der Waals surface area contributed by atoms with Crippen molar-refractivity contribution >= 4 is 0 Å². The predicted octanol–water partition coefficient (Wildman–Crippen LogP) is 4.52. The molecule has 0 radical (unpaired) electrons. The second kappa shape index (κ2) is 7.55. The molecule has 0 amide bonds. The lowest BCUT2D eigenvalue weighted by Crippen LogP contribution is -2.30. The fourth-order valence-electron chi connectivity index (χ4n) is 3.13. The summed E-state index contributed by atoms with van der Waals surface area (Å²) < 4.78 is 1.93. The molecule has 0 atom stereocenters. The van der Waals surface area contributed by atoms with Gasteiger partial charge in [0.15, 0.2) is 0 Å². The lowest BCUT2D eigenvalue weighted by Gasteiger charge is -2.24. The molecular formula is C22H24N4. The first-order valence-electron chi connectivity index (χ1n) is 8.78. The van der Waals surface area contributed by atoms with E-state index in [4.69, 9.17) is 5.10 Å². The van der Waals surface area contributed by atoms with Gasteiger partial charge in [0.1, 0.15) is 0 Å². The van der Waals surface area contributed by atoms with E-state index in [-0.39, 0.29) is 5.41 Å². The Bertz CT molecular complexity index is 889.